The van der Waals surface area contributed by atoms with Crippen molar-refractivity contribution in [3.8, 4) is 17.2 Å². The van der Waals surface area contributed by atoms with E-state index in [0.717, 1.165) is 10.9 Å². The number of hydrogen-bond donors (Lipinski definition) is 1. The predicted octanol–water partition coefficient (Wildman–Crippen LogP) is 4.83. The van der Waals surface area contributed by atoms with Gasteiger partial charge in [0.2, 0.25) is 0 Å². The van der Waals surface area contributed by atoms with Gasteiger partial charge in [0.1, 0.15) is 23.0 Å². The molecule has 5 rings (SSSR count). The molecule has 1 N–H and O–H groups in total. The zero-order chi connectivity index (χ0) is 26.3. The van der Waals surface area contributed by atoms with E-state index in [1.807, 2.05) is 42.1 Å². The van der Waals surface area contributed by atoms with Gasteiger partial charge in [-0.25, -0.2) is 0 Å². The van der Waals surface area contributed by atoms with Crippen LogP contribution in [0.5, 0.6) is 17.2 Å². The third kappa shape index (κ3) is 3.87. The molecule has 0 saturated carbocycles. The number of aliphatic hydroxyl groups is 1. The molecule has 1 unspecified atom stereocenters. The molecule has 1 fully saturated rings. The number of hydrogen-bond acceptors (Lipinski definition) is 6. The van der Waals surface area contributed by atoms with Crippen molar-refractivity contribution in [1.82, 2.24) is 4.57 Å². The van der Waals surface area contributed by atoms with Crippen LogP contribution in [0.15, 0.2) is 78.5 Å². The van der Waals surface area contributed by atoms with Crippen molar-refractivity contribution in [1.29, 1.82) is 0 Å². The quantitative estimate of drug-likeness (QED) is 0.233. The van der Waals surface area contributed by atoms with E-state index in [1.165, 1.54) is 19.1 Å². The maximum absolute atomic E-state index is 13.6. The number of carbonyl (C=O) groups is 2. The highest BCUT2D eigenvalue weighted by Crippen LogP contribution is 2.46. The lowest BCUT2D eigenvalue weighted by Gasteiger charge is -2.25. The Morgan fingerprint density at radius 1 is 0.865 bits per heavy atom. The van der Waals surface area contributed by atoms with Gasteiger partial charge in [0, 0.05) is 35.4 Å². The van der Waals surface area contributed by atoms with Gasteiger partial charge in [0.05, 0.1) is 38.5 Å². The zero-order valence-corrected chi connectivity index (χ0v) is 20.9. The van der Waals surface area contributed by atoms with E-state index >= 15 is 0 Å². The highest BCUT2D eigenvalue weighted by Gasteiger charge is 2.48. The summed E-state index contributed by atoms with van der Waals surface area (Å²) in [7, 11) is 6.43. The SMILES string of the molecule is COc1ccc(N2C(=O)C(=O)/C(=C(/O)c3cc(OC)ccc3OC)C2c2cn(C)c3ccccc23)cc1. The summed E-state index contributed by atoms with van der Waals surface area (Å²) >= 11 is 0. The van der Waals surface area contributed by atoms with Crippen LogP contribution in [0.3, 0.4) is 0 Å². The largest absolute Gasteiger partial charge is 0.507 e. The number of rotatable bonds is 6. The Balaban J connectivity index is 1.81. The molecular weight excluding hydrogens is 472 g/mol. The van der Waals surface area contributed by atoms with Gasteiger partial charge < -0.3 is 23.9 Å². The number of anilines is 1. The fourth-order valence-corrected chi connectivity index (χ4v) is 4.87. The number of para-hydroxylation sites is 1. The van der Waals surface area contributed by atoms with Crippen molar-refractivity contribution in [2.75, 3.05) is 26.2 Å². The summed E-state index contributed by atoms with van der Waals surface area (Å²) in [4.78, 5) is 28.6. The molecule has 4 aromatic rings. The number of aryl methyl sites for hydroxylation is 1. The van der Waals surface area contributed by atoms with Crippen LogP contribution in [0.4, 0.5) is 5.69 Å². The topological polar surface area (TPSA) is 90.2 Å². The lowest BCUT2D eigenvalue weighted by Crippen LogP contribution is -2.29. The summed E-state index contributed by atoms with van der Waals surface area (Å²) in [6.07, 6.45) is 1.88. The number of methoxy groups -OCH3 is 3. The first-order valence-electron chi connectivity index (χ1n) is 11.6. The summed E-state index contributed by atoms with van der Waals surface area (Å²) in [5, 5.41) is 12.5. The highest BCUT2D eigenvalue weighted by atomic mass is 16.5. The van der Waals surface area contributed by atoms with Gasteiger partial charge in [-0.3, -0.25) is 14.5 Å². The standard InChI is InChI=1S/C29H26N2O6/c1-30-16-22(20-7-5-6-8-23(20)30)26-25(27(32)21-15-19(36-3)13-14-24(21)37-4)28(33)29(34)31(26)17-9-11-18(35-2)12-10-17/h5-16,26,32H,1-4H3/b27-25+. The summed E-state index contributed by atoms with van der Waals surface area (Å²) < 4.78 is 18.0. The molecule has 1 atom stereocenters. The third-order valence-electron chi connectivity index (χ3n) is 6.68. The number of Topliss-reactive ketones (excluding diaryl/α,β-unsaturated/α-hetero) is 1. The van der Waals surface area contributed by atoms with E-state index in [-0.39, 0.29) is 16.9 Å². The molecule has 3 aromatic carbocycles. The lowest BCUT2D eigenvalue weighted by atomic mass is 9.94. The van der Waals surface area contributed by atoms with Gasteiger partial charge >= 0.3 is 0 Å². The Kier molecular flexibility index (Phi) is 6.09. The molecule has 0 radical (unpaired) electrons. The second-order valence-electron chi connectivity index (χ2n) is 8.65. The molecule has 1 aliphatic rings. The smallest absolute Gasteiger partial charge is 0.300 e. The highest BCUT2D eigenvalue weighted by molar-refractivity contribution is 6.52. The zero-order valence-electron chi connectivity index (χ0n) is 20.9. The normalized spacial score (nSPS) is 16.9. The van der Waals surface area contributed by atoms with Crippen molar-refractivity contribution in [3.05, 3.63) is 89.6 Å². The van der Waals surface area contributed by atoms with Crippen molar-refractivity contribution >= 4 is 34.0 Å². The Labute approximate surface area is 213 Å². The van der Waals surface area contributed by atoms with E-state index in [2.05, 4.69) is 0 Å². The fourth-order valence-electron chi connectivity index (χ4n) is 4.87. The van der Waals surface area contributed by atoms with Crippen molar-refractivity contribution in [2.45, 2.75) is 6.04 Å². The van der Waals surface area contributed by atoms with Crippen LogP contribution in [0.1, 0.15) is 17.2 Å². The van der Waals surface area contributed by atoms with Gasteiger partial charge in [-0.05, 0) is 48.5 Å². The monoisotopic (exact) mass is 498 g/mol. The molecule has 0 aliphatic carbocycles. The fraction of sp³-hybridized carbons (Fsp3) is 0.172. The van der Waals surface area contributed by atoms with Crippen LogP contribution in [-0.4, -0.2) is 42.7 Å². The minimum absolute atomic E-state index is 0.0382. The number of ketones is 1. The first kappa shape index (κ1) is 24.0. The molecule has 8 nitrogen and oxygen atoms in total. The van der Waals surface area contributed by atoms with Crippen LogP contribution in [0, 0.1) is 0 Å². The average molecular weight is 499 g/mol. The number of nitrogens with zero attached hydrogens (tertiary/aromatic N) is 2. The number of aromatic nitrogens is 1. The predicted molar refractivity (Wildman–Crippen MR) is 140 cm³/mol. The van der Waals surface area contributed by atoms with Crippen LogP contribution >= 0.6 is 0 Å². The molecule has 0 bridgehead atoms. The van der Waals surface area contributed by atoms with E-state index in [0.29, 0.717) is 28.5 Å². The maximum Gasteiger partial charge on any atom is 0.300 e. The molecular formula is C29H26N2O6. The van der Waals surface area contributed by atoms with Crippen molar-refractivity contribution in [3.63, 3.8) is 0 Å². The number of aliphatic hydroxyl groups excluding tert-OH is 1. The van der Waals surface area contributed by atoms with Crippen molar-refractivity contribution < 1.29 is 28.9 Å². The van der Waals surface area contributed by atoms with Gasteiger partial charge in [-0.1, -0.05) is 18.2 Å². The Morgan fingerprint density at radius 2 is 1.54 bits per heavy atom. The average Bonchev–Trinajstić information content (AvgIpc) is 3.40. The van der Waals surface area contributed by atoms with Gasteiger partial charge in [-0.2, -0.15) is 0 Å². The van der Waals surface area contributed by atoms with Crippen LogP contribution in [0.25, 0.3) is 16.7 Å². The van der Waals surface area contributed by atoms with Gasteiger partial charge in [0.15, 0.2) is 0 Å². The summed E-state index contributed by atoms with van der Waals surface area (Å²) in [5.41, 5.74) is 2.34. The summed E-state index contributed by atoms with van der Waals surface area (Å²) in [5.74, 6) is -0.465. The molecule has 1 aromatic heterocycles. The van der Waals surface area contributed by atoms with E-state index in [1.54, 1.807) is 49.6 Å². The van der Waals surface area contributed by atoms with Crippen LogP contribution < -0.4 is 19.1 Å². The molecule has 2 heterocycles. The first-order valence-corrected chi connectivity index (χ1v) is 11.6. The molecule has 0 spiro atoms. The Morgan fingerprint density at radius 3 is 2.22 bits per heavy atom. The molecule has 37 heavy (non-hydrogen) atoms. The van der Waals surface area contributed by atoms with Crippen molar-refractivity contribution in [2.24, 2.45) is 7.05 Å². The second kappa shape index (κ2) is 9.39. The first-order chi connectivity index (χ1) is 17.9. The molecule has 1 aliphatic heterocycles. The van der Waals surface area contributed by atoms with Crippen LogP contribution in [0.2, 0.25) is 0 Å². The third-order valence-corrected chi connectivity index (χ3v) is 6.68. The Bertz CT molecular complexity index is 1550. The molecule has 8 heteroatoms. The molecule has 188 valence electrons. The minimum Gasteiger partial charge on any atom is -0.507 e. The van der Waals surface area contributed by atoms with E-state index in [4.69, 9.17) is 14.2 Å². The number of ether oxygens (including phenoxy) is 3. The number of benzene rings is 3. The molecule has 1 saturated heterocycles. The number of carbonyl (C=O) groups excluding carboxylic acids is 2. The van der Waals surface area contributed by atoms with E-state index in [9.17, 15) is 14.7 Å². The van der Waals surface area contributed by atoms with E-state index < -0.39 is 17.7 Å². The summed E-state index contributed by atoms with van der Waals surface area (Å²) in [6, 6.07) is 18.6. The van der Waals surface area contributed by atoms with Gasteiger partial charge in [0.25, 0.3) is 11.7 Å². The lowest BCUT2D eigenvalue weighted by molar-refractivity contribution is -0.132. The number of fused-ring (bicyclic) bond motifs is 1. The molecule has 1 amide bonds. The van der Waals surface area contributed by atoms with Crippen LogP contribution in [-0.2, 0) is 16.6 Å². The second-order valence-corrected chi connectivity index (χ2v) is 8.65. The van der Waals surface area contributed by atoms with Gasteiger partial charge in [-0.15, -0.1) is 0 Å². The number of amides is 1. The maximum atomic E-state index is 13.6. The Hall–Kier alpha value is -4.72. The summed E-state index contributed by atoms with van der Waals surface area (Å²) in [6.45, 7) is 0. The minimum atomic E-state index is -0.893.